The van der Waals surface area contributed by atoms with E-state index in [0.29, 0.717) is 0 Å². The van der Waals surface area contributed by atoms with Gasteiger partial charge in [-0.3, -0.25) is 16.0 Å². The zero-order valence-electron chi connectivity index (χ0n) is 8.85. The molecule has 0 aliphatic rings. The van der Waals surface area contributed by atoms with Crippen LogP contribution in [0.1, 0.15) is 16.5 Å². The summed E-state index contributed by atoms with van der Waals surface area (Å²) in [6.45, 7) is 0. The Labute approximate surface area is 107 Å². The molecule has 2 aromatic rings. The Bertz CT molecular complexity index is 465. The molecule has 2 aromatic heterocycles. The highest BCUT2D eigenvalue weighted by molar-refractivity contribution is 9.10. The summed E-state index contributed by atoms with van der Waals surface area (Å²) in [5, 5.41) is 6.22. The second-order valence-electron chi connectivity index (χ2n) is 3.60. The van der Waals surface area contributed by atoms with E-state index in [0.717, 1.165) is 16.5 Å². The SMILES string of the molecule is Cn1cc(C(Cc2cc(Br)cs2)NN)cn1. The van der Waals surface area contributed by atoms with Crippen molar-refractivity contribution in [3.05, 3.63) is 38.8 Å². The Morgan fingerprint density at radius 3 is 3.00 bits per heavy atom. The maximum absolute atomic E-state index is 5.57. The smallest absolute Gasteiger partial charge is 0.0539 e. The van der Waals surface area contributed by atoms with E-state index in [4.69, 9.17) is 5.84 Å². The van der Waals surface area contributed by atoms with E-state index in [1.807, 2.05) is 19.4 Å². The van der Waals surface area contributed by atoms with Gasteiger partial charge in [-0.25, -0.2) is 0 Å². The van der Waals surface area contributed by atoms with Crippen molar-refractivity contribution >= 4 is 27.3 Å². The van der Waals surface area contributed by atoms with Gasteiger partial charge in [0.2, 0.25) is 0 Å². The Kier molecular flexibility index (Phi) is 3.75. The van der Waals surface area contributed by atoms with Crippen molar-refractivity contribution in [3.8, 4) is 0 Å². The fourth-order valence-corrected chi connectivity index (χ4v) is 3.05. The first-order chi connectivity index (χ1) is 7.69. The first-order valence-electron chi connectivity index (χ1n) is 4.86. The number of nitrogens with zero attached hydrogens (tertiary/aromatic N) is 2. The third kappa shape index (κ3) is 2.70. The Morgan fingerprint density at radius 2 is 2.50 bits per heavy atom. The average molecular weight is 301 g/mol. The van der Waals surface area contributed by atoms with E-state index >= 15 is 0 Å². The van der Waals surface area contributed by atoms with Crippen LogP contribution in [0, 0.1) is 0 Å². The number of nitrogens with one attached hydrogen (secondary N) is 1. The summed E-state index contributed by atoms with van der Waals surface area (Å²) < 4.78 is 2.90. The number of nitrogens with two attached hydrogens (primary N) is 1. The fraction of sp³-hybridized carbons (Fsp3) is 0.300. The summed E-state index contributed by atoms with van der Waals surface area (Å²) in [6, 6.07) is 2.23. The zero-order valence-corrected chi connectivity index (χ0v) is 11.3. The molecule has 2 rings (SSSR count). The first-order valence-corrected chi connectivity index (χ1v) is 6.54. The summed E-state index contributed by atoms with van der Waals surface area (Å²) in [5.74, 6) is 5.57. The molecule has 16 heavy (non-hydrogen) atoms. The third-order valence-corrected chi connectivity index (χ3v) is 4.08. The fourth-order valence-electron chi connectivity index (χ4n) is 1.56. The maximum atomic E-state index is 5.57. The Morgan fingerprint density at radius 1 is 1.69 bits per heavy atom. The molecular weight excluding hydrogens is 288 g/mol. The van der Waals surface area contributed by atoms with Crippen LogP contribution in [0.25, 0.3) is 0 Å². The van der Waals surface area contributed by atoms with E-state index < -0.39 is 0 Å². The molecule has 0 saturated heterocycles. The van der Waals surface area contributed by atoms with E-state index in [1.165, 1.54) is 4.88 Å². The highest BCUT2D eigenvalue weighted by Gasteiger charge is 2.13. The molecule has 6 heteroatoms. The van der Waals surface area contributed by atoms with Gasteiger partial charge in [0, 0.05) is 40.0 Å². The van der Waals surface area contributed by atoms with Crippen molar-refractivity contribution in [3.63, 3.8) is 0 Å². The maximum Gasteiger partial charge on any atom is 0.0539 e. The number of aryl methyl sites for hydroxylation is 1. The van der Waals surface area contributed by atoms with Gasteiger partial charge in [-0.05, 0) is 22.0 Å². The second-order valence-corrected chi connectivity index (χ2v) is 5.51. The van der Waals surface area contributed by atoms with Gasteiger partial charge in [0.15, 0.2) is 0 Å². The molecule has 0 saturated carbocycles. The minimum atomic E-state index is 0.110. The number of hydrogen-bond donors (Lipinski definition) is 2. The van der Waals surface area contributed by atoms with Gasteiger partial charge in [0.1, 0.15) is 0 Å². The molecule has 86 valence electrons. The molecule has 2 heterocycles. The summed E-state index contributed by atoms with van der Waals surface area (Å²) >= 11 is 5.17. The lowest BCUT2D eigenvalue weighted by molar-refractivity contribution is 0.555. The van der Waals surface area contributed by atoms with Crippen LogP contribution in [-0.2, 0) is 13.5 Å². The summed E-state index contributed by atoms with van der Waals surface area (Å²) in [5.41, 5.74) is 3.93. The van der Waals surface area contributed by atoms with Gasteiger partial charge in [-0.15, -0.1) is 11.3 Å². The molecule has 1 atom stereocenters. The first kappa shape index (κ1) is 11.8. The van der Waals surface area contributed by atoms with Crippen molar-refractivity contribution in [2.75, 3.05) is 0 Å². The Balaban J connectivity index is 2.12. The number of thiophene rings is 1. The molecule has 0 spiro atoms. The van der Waals surface area contributed by atoms with Crippen LogP contribution in [-0.4, -0.2) is 9.78 Å². The normalized spacial score (nSPS) is 12.9. The number of halogens is 1. The quantitative estimate of drug-likeness (QED) is 0.671. The topological polar surface area (TPSA) is 55.9 Å². The summed E-state index contributed by atoms with van der Waals surface area (Å²) in [6.07, 6.45) is 4.69. The molecule has 0 bridgehead atoms. The monoisotopic (exact) mass is 300 g/mol. The van der Waals surface area contributed by atoms with Crippen molar-refractivity contribution in [1.29, 1.82) is 0 Å². The van der Waals surface area contributed by atoms with Gasteiger partial charge < -0.3 is 0 Å². The van der Waals surface area contributed by atoms with Crippen LogP contribution >= 0.6 is 27.3 Å². The van der Waals surface area contributed by atoms with Gasteiger partial charge in [0.25, 0.3) is 0 Å². The standard InChI is InChI=1S/C10H13BrN4S/c1-15-5-7(4-13-15)10(14-12)3-9-2-8(11)6-16-9/h2,4-6,10,14H,3,12H2,1H3. The molecule has 1 unspecified atom stereocenters. The highest BCUT2D eigenvalue weighted by Crippen LogP contribution is 2.24. The van der Waals surface area contributed by atoms with Gasteiger partial charge >= 0.3 is 0 Å². The van der Waals surface area contributed by atoms with Crippen LogP contribution in [0.4, 0.5) is 0 Å². The highest BCUT2D eigenvalue weighted by atomic mass is 79.9. The zero-order chi connectivity index (χ0) is 11.5. The predicted molar refractivity (Wildman–Crippen MR) is 69.0 cm³/mol. The van der Waals surface area contributed by atoms with E-state index in [1.54, 1.807) is 16.0 Å². The third-order valence-electron chi connectivity index (χ3n) is 2.36. The van der Waals surface area contributed by atoms with Crippen LogP contribution < -0.4 is 11.3 Å². The molecule has 0 radical (unpaired) electrons. The van der Waals surface area contributed by atoms with Crippen LogP contribution in [0.5, 0.6) is 0 Å². The van der Waals surface area contributed by atoms with Gasteiger partial charge in [-0.1, -0.05) is 0 Å². The number of aromatic nitrogens is 2. The molecular formula is C10H13BrN4S. The predicted octanol–water partition coefficient (Wildman–Crippen LogP) is 1.99. The lowest BCUT2D eigenvalue weighted by atomic mass is 10.1. The van der Waals surface area contributed by atoms with Crippen LogP contribution in [0.15, 0.2) is 28.3 Å². The summed E-state index contributed by atoms with van der Waals surface area (Å²) in [4.78, 5) is 1.29. The average Bonchev–Trinajstić information content (AvgIpc) is 2.84. The molecule has 4 nitrogen and oxygen atoms in total. The lowest BCUT2D eigenvalue weighted by Gasteiger charge is -2.12. The number of hydrazine groups is 1. The van der Waals surface area contributed by atoms with Gasteiger partial charge in [-0.2, -0.15) is 5.10 Å². The van der Waals surface area contributed by atoms with Crippen molar-refractivity contribution in [2.45, 2.75) is 12.5 Å². The number of rotatable bonds is 4. The molecule has 0 aromatic carbocycles. The molecule has 0 aliphatic heterocycles. The minimum Gasteiger partial charge on any atom is -0.275 e. The van der Waals surface area contributed by atoms with Crippen molar-refractivity contribution < 1.29 is 0 Å². The van der Waals surface area contributed by atoms with Crippen molar-refractivity contribution in [2.24, 2.45) is 12.9 Å². The molecule has 0 fully saturated rings. The summed E-state index contributed by atoms with van der Waals surface area (Å²) in [7, 11) is 1.90. The molecule has 0 amide bonds. The van der Waals surface area contributed by atoms with E-state index in [2.05, 4.69) is 37.9 Å². The second kappa shape index (κ2) is 5.09. The van der Waals surface area contributed by atoms with Gasteiger partial charge in [0.05, 0.1) is 12.2 Å². The van der Waals surface area contributed by atoms with E-state index in [-0.39, 0.29) is 6.04 Å². The largest absolute Gasteiger partial charge is 0.275 e. The molecule has 0 aliphatic carbocycles. The minimum absolute atomic E-state index is 0.110. The van der Waals surface area contributed by atoms with Crippen molar-refractivity contribution in [1.82, 2.24) is 15.2 Å². The Hall–Kier alpha value is -0.690. The van der Waals surface area contributed by atoms with E-state index in [9.17, 15) is 0 Å². The van der Waals surface area contributed by atoms with Crippen LogP contribution in [0.3, 0.4) is 0 Å². The van der Waals surface area contributed by atoms with Crippen LogP contribution in [0.2, 0.25) is 0 Å². The molecule has 3 N–H and O–H groups in total. The number of hydrogen-bond acceptors (Lipinski definition) is 4. The lowest BCUT2D eigenvalue weighted by Crippen LogP contribution is -2.29.